The first kappa shape index (κ1) is 32.4. The highest BCUT2D eigenvalue weighted by Crippen LogP contribution is 2.70. The molecule has 4 fully saturated rings. The SMILES string of the molecule is C[C@@]12Cc3[nH]nc(C(=O)Nc4cnn(C(c5ccccc5)C5CN(C(=O)C6CN(c7ccc(C8CCC(=O)NC8=O)cn7)C6)C5)c4)c3C[C@@H]1C2(F)F. The predicted molar refractivity (Wildman–Crippen MR) is 182 cm³/mol. The minimum absolute atomic E-state index is 0.0837. The van der Waals surface area contributed by atoms with Crippen molar-refractivity contribution in [3.05, 3.63) is 89.1 Å². The van der Waals surface area contributed by atoms with E-state index in [2.05, 4.69) is 30.9 Å². The van der Waals surface area contributed by atoms with E-state index < -0.39 is 29.1 Å². The highest BCUT2D eigenvalue weighted by atomic mass is 19.3. The van der Waals surface area contributed by atoms with Gasteiger partial charge in [-0.05, 0) is 30.0 Å². The van der Waals surface area contributed by atoms with E-state index in [1.54, 1.807) is 25.5 Å². The van der Waals surface area contributed by atoms with E-state index in [0.717, 1.165) is 16.9 Å². The van der Waals surface area contributed by atoms with Crippen LogP contribution in [0.5, 0.6) is 0 Å². The molecule has 1 aromatic carbocycles. The Kier molecular flexibility index (Phi) is 7.35. The first-order chi connectivity index (χ1) is 25.0. The van der Waals surface area contributed by atoms with Crippen LogP contribution in [0.2, 0.25) is 0 Å². The number of nitrogens with zero attached hydrogens (tertiary/aromatic N) is 6. The Balaban J connectivity index is 0.821. The number of alkyl halides is 2. The third-order valence-corrected chi connectivity index (χ3v) is 11.9. The number of carbonyl (C=O) groups excluding carboxylic acids is 4. The number of H-pyrrole nitrogens is 1. The molecule has 52 heavy (non-hydrogen) atoms. The van der Waals surface area contributed by atoms with E-state index >= 15 is 0 Å². The van der Waals surface area contributed by atoms with Crippen LogP contribution in [-0.4, -0.2) is 85.6 Å². The normalized spacial score (nSPS) is 25.7. The second kappa shape index (κ2) is 11.8. The lowest BCUT2D eigenvalue weighted by atomic mass is 9.85. The molecule has 2 aliphatic carbocycles. The zero-order valence-electron chi connectivity index (χ0n) is 28.4. The molecule has 0 bridgehead atoms. The number of nitrogens with one attached hydrogen (secondary N) is 3. The second-order valence-corrected chi connectivity index (χ2v) is 15.1. The van der Waals surface area contributed by atoms with Gasteiger partial charge in [0, 0.05) is 79.9 Å². The monoisotopic (exact) mass is 709 g/mol. The summed E-state index contributed by atoms with van der Waals surface area (Å²) in [5.41, 5.74) is 2.45. The molecule has 3 aliphatic heterocycles. The van der Waals surface area contributed by atoms with Crippen LogP contribution >= 0.6 is 0 Å². The Morgan fingerprint density at radius 2 is 1.83 bits per heavy atom. The number of hydrogen-bond acceptors (Lipinski definition) is 8. The lowest BCUT2D eigenvalue weighted by Gasteiger charge is -2.48. The minimum Gasteiger partial charge on any atom is -0.355 e. The number of rotatable bonds is 8. The van der Waals surface area contributed by atoms with Crippen molar-refractivity contribution in [3.63, 3.8) is 0 Å². The Hall–Kier alpha value is -5.47. The van der Waals surface area contributed by atoms with Gasteiger partial charge in [0.05, 0.1) is 29.8 Å². The Morgan fingerprint density at radius 3 is 2.56 bits per heavy atom. The summed E-state index contributed by atoms with van der Waals surface area (Å²) >= 11 is 0. The fraction of sp³-hybridized carbons (Fsp3) is 0.432. The fourth-order valence-electron chi connectivity index (χ4n) is 8.61. The number of fused-ring (bicyclic) bond motifs is 2. The number of aromatic amines is 1. The molecule has 1 saturated carbocycles. The molecule has 15 heteroatoms. The second-order valence-electron chi connectivity index (χ2n) is 15.1. The maximum absolute atomic E-state index is 14.4. The molecule has 4 atom stereocenters. The molecule has 2 unspecified atom stereocenters. The van der Waals surface area contributed by atoms with Crippen molar-refractivity contribution >= 4 is 35.1 Å². The number of pyridine rings is 1. The van der Waals surface area contributed by atoms with Gasteiger partial charge in [0.1, 0.15) is 5.82 Å². The molecule has 3 N–H and O–H groups in total. The average molecular weight is 710 g/mol. The minimum atomic E-state index is -2.75. The molecule has 3 aromatic heterocycles. The van der Waals surface area contributed by atoms with Gasteiger partial charge in [0.15, 0.2) is 5.69 Å². The summed E-state index contributed by atoms with van der Waals surface area (Å²) < 4.78 is 30.7. The van der Waals surface area contributed by atoms with Gasteiger partial charge in [0.2, 0.25) is 17.7 Å². The van der Waals surface area contributed by atoms with Crippen molar-refractivity contribution in [1.82, 2.24) is 35.2 Å². The van der Waals surface area contributed by atoms with Crippen LogP contribution in [0.15, 0.2) is 61.1 Å². The maximum atomic E-state index is 14.4. The Labute approximate surface area is 297 Å². The largest absolute Gasteiger partial charge is 0.355 e. The highest BCUT2D eigenvalue weighted by Gasteiger charge is 2.78. The van der Waals surface area contributed by atoms with Gasteiger partial charge in [-0.1, -0.05) is 43.3 Å². The van der Waals surface area contributed by atoms with Crippen molar-refractivity contribution in [1.29, 1.82) is 0 Å². The van der Waals surface area contributed by atoms with E-state index in [9.17, 15) is 28.0 Å². The van der Waals surface area contributed by atoms with Crippen LogP contribution in [0.1, 0.15) is 64.6 Å². The van der Waals surface area contributed by atoms with Crippen molar-refractivity contribution in [2.24, 2.45) is 23.2 Å². The summed E-state index contributed by atoms with van der Waals surface area (Å²) in [5, 5.41) is 16.9. The summed E-state index contributed by atoms with van der Waals surface area (Å²) in [7, 11) is 0. The number of carbonyl (C=O) groups is 4. The molecule has 0 radical (unpaired) electrons. The van der Waals surface area contributed by atoms with Crippen LogP contribution < -0.4 is 15.5 Å². The van der Waals surface area contributed by atoms with E-state index in [-0.39, 0.29) is 54.1 Å². The van der Waals surface area contributed by atoms with Gasteiger partial charge in [-0.15, -0.1) is 0 Å². The third kappa shape index (κ3) is 5.19. The molecule has 6 heterocycles. The molecular weight excluding hydrogens is 672 g/mol. The van der Waals surface area contributed by atoms with Gasteiger partial charge in [-0.25, -0.2) is 13.8 Å². The van der Waals surface area contributed by atoms with Crippen molar-refractivity contribution in [2.75, 3.05) is 36.4 Å². The summed E-state index contributed by atoms with van der Waals surface area (Å²) in [6.07, 6.45) is 6.04. The number of likely N-dealkylation sites (tertiary alicyclic amines) is 1. The molecule has 3 saturated heterocycles. The number of aromatic nitrogens is 5. The van der Waals surface area contributed by atoms with Crippen LogP contribution in [0.4, 0.5) is 20.3 Å². The van der Waals surface area contributed by atoms with E-state index in [1.165, 1.54) is 0 Å². The van der Waals surface area contributed by atoms with Crippen molar-refractivity contribution in [2.45, 2.75) is 50.5 Å². The molecular formula is C37H37F2N9O4. The molecule has 4 aromatic rings. The lowest BCUT2D eigenvalue weighted by Crippen LogP contribution is -2.61. The van der Waals surface area contributed by atoms with Gasteiger partial charge < -0.3 is 15.1 Å². The Morgan fingerprint density at radius 1 is 1.04 bits per heavy atom. The highest BCUT2D eigenvalue weighted by molar-refractivity contribution is 6.04. The summed E-state index contributed by atoms with van der Waals surface area (Å²) in [6.45, 7) is 3.80. The predicted octanol–water partition coefficient (Wildman–Crippen LogP) is 3.33. The summed E-state index contributed by atoms with van der Waals surface area (Å²) in [5.74, 6) is -4.17. The topological polar surface area (TPSA) is 158 Å². The van der Waals surface area contributed by atoms with Crippen molar-refractivity contribution < 1.29 is 28.0 Å². The third-order valence-electron chi connectivity index (χ3n) is 11.9. The number of anilines is 2. The van der Waals surface area contributed by atoms with E-state index in [1.807, 2.05) is 56.9 Å². The van der Waals surface area contributed by atoms with Crippen LogP contribution in [0.3, 0.4) is 0 Å². The van der Waals surface area contributed by atoms with Crippen LogP contribution in [0, 0.1) is 23.2 Å². The number of imide groups is 1. The summed E-state index contributed by atoms with van der Waals surface area (Å²) in [6, 6.07) is 13.4. The fourth-order valence-corrected chi connectivity index (χ4v) is 8.61. The molecule has 9 rings (SSSR count). The quantitative estimate of drug-likeness (QED) is 0.235. The molecule has 5 aliphatic rings. The smallest absolute Gasteiger partial charge is 0.276 e. The standard InChI is InChI=1S/C37H37F2N9O4/c1-36-12-27-26(11-28(36)37(36,38)39)31(45-44-27)34(51)42-24-14-41-48(19-24)32(20-5-3-2-4-6-20)22-15-47(16-22)35(52)23-17-46(18-23)29-9-7-21(13-40-29)25-8-10-30(49)43-33(25)50/h2-7,9,13-14,19,22-23,25,28,32H,8,10-12,15-18H2,1H3,(H,42,51)(H,44,45)(H,43,49,50)/t25?,28-,32?,36+/m0/s1. The number of piperidine rings is 1. The maximum Gasteiger partial charge on any atom is 0.276 e. The lowest BCUT2D eigenvalue weighted by molar-refractivity contribution is -0.143. The van der Waals surface area contributed by atoms with Crippen LogP contribution in [-0.2, 0) is 27.2 Å². The molecule has 4 amide bonds. The first-order valence-electron chi connectivity index (χ1n) is 17.7. The number of amides is 4. The number of halogens is 2. The number of hydrogen-bond donors (Lipinski definition) is 3. The van der Waals surface area contributed by atoms with E-state index in [0.29, 0.717) is 56.0 Å². The van der Waals surface area contributed by atoms with Gasteiger partial charge >= 0.3 is 0 Å². The van der Waals surface area contributed by atoms with Gasteiger partial charge in [-0.3, -0.25) is 34.3 Å². The zero-order valence-corrected chi connectivity index (χ0v) is 28.4. The first-order valence-corrected chi connectivity index (χ1v) is 17.7. The van der Waals surface area contributed by atoms with Crippen molar-refractivity contribution in [3.8, 4) is 0 Å². The molecule has 268 valence electrons. The number of benzene rings is 1. The average Bonchev–Trinajstić information content (AvgIpc) is 3.50. The molecule has 0 spiro atoms. The van der Waals surface area contributed by atoms with Crippen LogP contribution in [0.25, 0.3) is 0 Å². The summed E-state index contributed by atoms with van der Waals surface area (Å²) in [4.78, 5) is 58.9. The molecule has 13 nitrogen and oxygen atoms in total. The van der Waals surface area contributed by atoms with Gasteiger partial charge in [0.25, 0.3) is 11.8 Å². The van der Waals surface area contributed by atoms with Gasteiger partial charge in [-0.2, -0.15) is 10.2 Å². The Bertz CT molecular complexity index is 2090. The zero-order chi connectivity index (χ0) is 35.9. The van der Waals surface area contributed by atoms with E-state index in [4.69, 9.17) is 0 Å².